The number of allylic oxidation sites excluding steroid dienone is 1. The standard InChI is InChI=1S/C23H22ClF3N6O/c1-2-14-10-19(28)31-21(20(14)23(25,26)27)15-12-18-16(11-17(15)24)22(30-13-29-18)33-7-5-32(6-8-33)4-3-9-34/h3-4,9-13H,2,5-8H2,1H3,(H2,28,31). The lowest BCUT2D eigenvalue weighted by Crippen LogP contribution is -2.44. The third-order valence-electron chi connectivity index (χ3n) is 5.73. The number of aldehydes is 1. The van der Waals surface area contributed by atoms with Crippen LogP contribution in [0.15, 0.2) is 36.8 Å². The number of carbonyl (C=O) groups is 1. The van der Waals surface area contributed by atoms with Crippen molar-refractivity contribution in [1.82, 2.24) is 19.9 Å². The van der Waals surface area contributed by atoms with Crippen LogP contribution in [0.2, 0.25) is 5.02 Å². The first kappa shape index (κ1) is 23.7. The number of alkyl halides is 3. The van der Waals surface area contributed by atoms with E-state index in [1.54, 1.807) is 19.2 Å². The van der Waals surface area contributed by atoms with Gasteiger partial charge in [-0.05, 0) is 36.3 Å². The number of carbonyl (C=O) groups excluding carboxylic acids is 1. The number of aryl methyl sites for hydroxylation is 1. The summed E-state index contributed by atoms with van der Waals surface area (Å²) in [4.78, 5) is 27.3. The highest BCUT2D eigenvalue weighted by Gasteiger charge is 2.38. The third kappa shape index (κ3) is 4.63. The number of hydrogen-bond acceptors (Lipinski definition) is 7. The van der Waals surface area contributed by atoms with Gasteiger partial charge in [0.2, 0.25) is 0 Å². The Kier molecular flexibility index (Phi) is 6.60. The number of benzene rings is 1. The van der Waals surface area contributed by atoms with Crippen molar-refractivity contribution in [2.24, 2.45) is 0 Å². The van der Waals surface area contributed by atoms with Gasteiger partial charge in [0.05, 0.1) is 21.8 Å². The van der Waals surface area contributed by atoms with Crippen LogP contribution in [0.4, 0.5) is 24.8 Å². The zero-order valence-electron chi connectivity index (χ0n) is 18.3. The van der Waals surface area contributed by atoms with Crippen molar-refractivity contribution in [2.45, 2.75) is 19.5 Å². The van der Waals surface area contributed by atoms with Crippen molar-refractivity contribution in [3.8, 4) is 11.3 Å². The summed E-state index contributed by atoms with van der Waals surface area (Å²) in [5, 5.41) is 0.725. The number of piperazine rings is 1. The van der Waals surface area contributed by atoms with Gasteiger partial charge in [0, 0.05) is 43.3 Å². The summed E-state index contributed by atoms with van der Waals surface area (Å²) in [6, 6.07) is 4.32. The second-order valence-corrected chi connectivity index (χ2v) is 8.24. The highest BCUT2D eigenvalue weighted by Crippen LogP contribution is 2.43. The van der Waals surface area contributed by atoms with Crippen molar-refractivity contribution in [3.63, 3.8) is 0 Å². The van der Waals surface area contributed by atoms with Crippen LogP contribution in [0.3, 0.4) is 0 Å². The van der Waals surface area contributed by atoms with Crippen LogP contribution in [-0.4, -0.2) is 52.3 Å². The van der Waals surface area contributed by atoms with Gasteiger partial charge in [-0.2, -0.15) is 13.2 Å². The maximum Gasteiger partial charge on any atom is 0.418 e. The molecule has 7 nitrogen and oxygen atoms in total. The molecule has 2 aromatic heterocycles. The molecule has 2 N–H and O–H groups in total. The Hall–Kier alpha value is -3.40. The molecule has 1 fully saturated rings. The van der Waals surface area contributed by atoms with Gasteiger partial charge in [-0.1, -0.05) is 18.5 Å². The summed E-state index contributed by atoms with van der Waals surface area (Å²) in [6.07, 6.45) is 0.803. The predicted molar refractivity (Wildman–Crippen MR) is 126 cm³/mol. The Labute approximate surface area is 199 Å². The molecule has 0 amide bonds. The lowest BCUT2D eigenvalue weighted by atomic mass is 9.97. The summed E-state index contributed by atoms with van der Waals surface area (Å²) in [5.41, 5.74) is 5.28. The van der Waals surface area contributed by atoms with Crippen LogP contribution in [0.5, 0.6) is 0 Å². The van der Waals surface area contributed by atoms with Gasteiger partial charge in [-0.15, -0.1) is 0 Å². The van der Waals surface area contributed by atoms with Gasteiger partial charge < -0.3 is 15.5 Å². The molecule has 0 bridgehead atoms. The van der Waals surface area contributed by atoms with E-state index in [2.05, 4.69) is 19.9 Å². The van der Waals surface area contributed by atoms with Crippen LogP contribution < -0.4 is 10.6 Å². The van der Waals surface area contributed by atoms with Crippen molar-refractivity contribution in [3.05, 3.63) is 53.0 Å². The molecule has 0 saturated carbocycles. The number of halogens is 4. The molecule has 1 saturated heterocycles. The number of hydrogen-bond donors (Lipinski definition) is 1. The van der Waals surface area contributed by atoms with E-state index < -0.39 is 11.7 Å². The van der Waals surface area contributed by atoms with Gasteiger partial charge in [-0.25, -0.2) is 15.0 Å². The first-order valence-electron chi connectivity index (χ1n) is 10.6. The Bertz CT molecular complexity index is 1260. The SMILES string of the molecule is CCc1cc(N)nc(-c2cc3ncnc(N4CCN(C=CC=O)CC4)c3cc2Cl)c1C(F)(F)F. The van der Waals surface area contributed by atoms with Gasteiger partial charge >= 0.3 is 6.18 Å². The fourth-order valence-electron chi connectivity index (χ4n) is 4.15. The number of rotatable bonds is 5. The molecule has 34 heavy (non-hydrogen) atoms. The summed E-state index contributed by atoms with van der Waals surface area (Å²) >= 11 is 6.53. The number of fused-ring (bicyclic) bond motifs is 1. The number of anilines is 2. The number of pyridine rings is 1. The molecule has 11 heteroatoms. The lowest BCUT2D eigenvalue weighted by Gasteiger charge is -2.35. The van der Waals surface area contributed by atoms with E-state index in [1.165, 1.54) is 24.5 Å². The molecular formula is C23H22ClF3N6O. The average Bonchev–Trinajstić information content (AvgIpc) is 2.81. The van der Waals surface area contributed by atoms with E-state index in [9.17, 15) is 18.0 Å². The zero-order chi connectivity index (χ0) is 24.5. The number of nitrogen functional groups attached to an aromatic ring is 1. The van der Waals surface area contributed by atoms with E-state index in [0.717, 1.165) is 6.29 Å². The number of nitrogens with zero attached hydrogens (tertiary/aromatic N) is 5. The summed E-state index contributed by atoms with van der Waals surface area (Å²) in [5.74, 6) is 0.629. The zero-order valence-corrected chi connectivity index (χ0v) is 19.1. The van der Waals surface area contributed by atoms with E-state index >= 15 is 0 Å². The highest BCUT2D eigenvalue weighted by molar-refractivity contribution is 6.34. The van der Waals surface area contributed by atoms with Crippen molar-refractivity contribution >= 4 is 40.4 Å². The molecule has 178 valence electrons. The molecular weight excluding hydrogens is 469 g/mol. The summed E-state index contributed by atoms with van der Waals surface area (Å²) < 4.78 is 42.0. The summed E-state index contributed by atoms with van der Waals surface area (Å²) in [7, 11) is 0. The quantitative estimate of drug-likeness (QED) is 0.420. The molecule has 4 rings (SSSR count). The van der Waals surface area contributed by atoms with Crippen molar-refractivity contribution in [2.75, 3.05) is 36.8 Å². The van der Waals surface area contributed by atoms with Crippen molar-refractivity contribution < 1.29 is 18.0 Å². The topological polar surface area (TPSA) is 88.2 Å². The molecule has 1 aromatic carbocycles. The Morgan fingerprint density at radius 1 is 1.15 bits per heavy atom. The maximum absolute atomic E-state index is 14.0. The minimum Gasteiger partial charge on any atom is -0.384 e. The Balaban J connectivity index is 1.78. The van der Waals surface area contributed by atoms with E-state index in [-0.39, 0.29) is 34.1 Å². The highest BCUT2D eigenvalue weighted by atomic mass is 35.5. The first-order valence-corrected chi connectivity index (χ1v) is 11.0. The normalized spacial score (nSPS) is 14.9. The smallest absolute Gasteiger partial charge is 0.384 e. The third-order valence-corrected chi connectivity index (χ3v) is 6.05. The number of aromatic nitrogens is 3. The molecule has 1 aliphatic heterocycles. The lowest BCUT2D eigenvalue weighted by molar-refractivity contribution is -0.137. The van der Waals surface area contributed by atoms with Crippen molar-refractivity contribution in [1.29, 1.82) is 0 Å². The first-order chi connectivity index (χ1) is 16.2. The molecule has 0 unspecified atom stereocenters. The fourth-order valence-corrected chi connectivity index (χ4v) is 4.40. The van der Waals surface area contributed by atoms with Crippen LogP contribution in [0, 0.1) is 0 Å². The second-order valence-electron chi connectivity index (χ2n) is 7.83. The second kappa shape index (κ2) is 9.46. The fraction of sp³-hybridized carbons (Fsp3) is 0.304. The average molecular weight is 491 g/mol. The predicted octanol–water partition coefficient (Wildman–Crippen LogP) is 4.34. The minimum atomic E-state index is -4.63. The monoisotopic (exact) mass is 490 g/mol. The molecule has 0 aliphatic carbocycles. The molecule has 3 aromatic rings. The van der Waals surface area contributed by atoms with Gasteiger partial charge in [0.15, 0.2) is 0 Å². The Morgan fingerprint density at radius 2 is 1.88 bits per heavy atom. The van der Waals surface area contributed by atoms with E-state index in [1.807, 2.05) is 4.90 Å². The van der Waals surface area contributed by atoms with Gasteiger partial charge in [0.1, 0.15) is 24.2 Å². The molecule has 0 spiro atoms. The van der Waals surface area contributed by atoms with Crippen LogP contribution in [0.1, 0.15) is 18.1 Å². The van der Waals surface area contributed by atoms with E-state index in [0.29, 0.717) is 42.9 Å². The largest absolute Gasteiger partial charge is 0.418 e. The summed E-state index contributed by atoms with van der Waals surface area (Å²) in [6.45, 7) is 4.28. The molecule has 1 aliphatic rings. The van der Waals surface area contributed by atoms with E-state index in [4.69, 9.17) is 17.3 Å². The maximum atomic E-state index is 14.0. The number of nitrogens with two attached hydrogens (primary N) is 1. The van der Waals surface area contributed by atoms with Gasteiger partial charge in [-0.3, -0.25) is 4.79 Å². The van der Waals surface area contributed by atoms with Crippen LogP contribution in [0.25, 0.3) is 22.2 Å². The molecule has 3 heterocycles. The van der Waals surface area contributed by atoms with Crippen LogP contribution >= 0.6 is 11.6 Å². The van der Waals surface area contributed by atoms with Crippen LogP contribution in [-0.2, 0) is 17.4 Å². The molecule has 0 radical (unpaired) electrons. The molecule has 0 atom stereocenters. The Morgan fingerprint density at radius 3 is 2.53 bits per heavy atom. The van der Waals surface area contributed by atoms with Gasteiger partial charge in [0.25, 0.3) is 0 Å². The minimum absolute atomic E-state index is 0.0131.